The Morgan fingerprint density at radius 3 is 2.67 bits per heavy atom. The summed E-state index contributed by atoms with van der Waals surface area (Å²) >= 11 is 3.35. The van der Waals surface area contributed by atoms with E-state index in [0.29, 0.717) is 29.9 Å². The predicted molar refractivity (Wildman–Crippen MR) is 101 cm³/mol. The van der Waals surface area contributed by atoms with Gasteiger partial charge in [-0.05, 0) is 45.8 Å². The highest BCUT2D eigenvalue weighted by molar-refractivity contribution is 9.10. The highest BCUT2D eigenvalue weighted by atomic mass is 79.9. The Morgan fingerprint density at radius 2 is 1.96 bits per heavy atom. The van der Waals surface area contributed by atoms with E-state index in [-0.39, 0.29) is 17.3 Å². The van der Waals surface area contributed by atoms with Gasteiger partial charge in [0.2, 0.25) is 0 Å². The Labute approximate surface area is 156 Å². The van der Waals surface area contributed by atoms with E-state index in [1.165, 1.54) is 4.31 Å². The minimum absolute atomic E-state index is 0. The maximum absolute atomic E-state index is 13.1. The minimum atomic E-state index is -3.64. The molecule has 0 saturated heterocycles. The monoisotopic (exact) mass is 432 g/mol. The number of para-hydroxylation sites is 1. The van der Waals surface area contributed by atoms with E-state index >= 15 is 0 Å². The number of ether oxygens (including phenoxy) is 1. The molecule has 24 heavy (non-hydrogen) atoms. The van der Waals surface area contributed by atoms with Gasteiger partial charge in [0.05, 0.1) is 22.2 Å². The third-order valence-corrected chi connectivity index (χ3v) is 6.21. The second-order valence-electron chi connectivity index (χ2n) is 5.18. The zero-order chi connectivity index (χ0) is 16.4. The zero-order valence-corrected chi connectivity index (χ0v) is 16.2. The molecule has 1 N–H and O–H groups in total. The first kappa shape index (κ1) is 19.1. The molecule has 0 amide bonds. The fourth-order valence-corrected chi connectivity index (χ4v) is 4.83. The fourth-order valence-electron chi connectivity index (χ4n) is 2.61. The van der Waals surface area contributed by atoms with Crippen LogP contribution in [-0.2, 0) is 16.6 Å². The standard InChI is InChI=1S/C16H17BrN2O3S.ClH/c1-22-16-7-6-13(10-14(16)17)23(20,21)19-9-8-18-11-12-4-2-3-5-15(12)19;/h2-7,10,18H,8-9,11H2,1H3;1H. The van der Waals surface area contributed by atoms with Crippen molar-refractivity contribution < 1.29 is 13.2 Å². The molecule has 130 valence electrons. The summed E-state index contributed by atoms with van der Waals surface area (Å²) in [5.74, 6) is 0.599. The van der Waals surface area contributed by atoms with Crippen molar-refractivity contribution in [2.24, 2.45) is 0 Å². The number of rotatable bonds is 3. The SMILES string of the molecule is COc1ccc(S(=O)(=O)N2CCNCc3ccccc32)cc1Br.Cl. The molecule has 0 bridgehead atoms. The van der Waals surface area contributed by atoms with Crippen molar-refractivity contribution in [1.82, 2.24) is 5.32 Å². The summed E-state index contributed by atoms with van der Waals surface area (Å²) in [5.41, 5.74) is 1.70. The van der Waals surface area contributed by atoms with Crippen molar-refractivity contribution in [2.75, 3.05) is 24.5 Å². The molecule has 0 saturated carbocycles. The minimum Gasteiger partial charge on any atom is -0.496 e. The smallest absolute Gasteiger partial charge is 0.264 e. The number of hydrogen-bond acceptors (Lipinski definition) is 4. The van der Waals surface area contributed by atoms with Gasteiger partial charge < -0.3 is 10.1 Å². The van der Waals surface area contributed by atoms with Crippen LogP contribution < -0.4 is 14.4 Å². The van der Waals surface area contributed by atoms with E-state index in [1.807, 2.05) is 24.3 Å². The number of hydrogen-bond donors (Lipinski definition) is 1. The van der Waals surface area contributed by atoms with Crippen LogP contribution in [-0.4, -0.2) is 28.6 Å². The van der Waals surface area contributed by atoms with Gasteiger partial charge in [-0.2, -0.15) is 0 Å². The van der Waals surface area contributed by atoms with Crippen LogP contribution in [0.2, 0.25) is 0 Å². The molecule has 0 aromatic heterocycles. The van der Waals surface area contributed by atoms with E-state index in [0.717, 1.165) is 11.3 Å². The van der Waals surface area contributed by atoms with Crippen molar-refractivity contribution in [3.63, 3.8) is 0 Å². The quantitative estimate of drug-likeness (QED) is 0.808. The Bertz CT molecular complexity index is 830. The molecule has 1 heterocycles. The normalized spacial score (nSPS) is 14.3. The van der Waals surface area contributed by atoms with Crippen LogP contribution in [0.25, 0.3) is 0 Å². The Morgan fingerprint density at radius 1 is 1.21 bits per heavy atom. The van der Waals surface area contributed by atoms with Crippen LogP contribution in [0.4, 0.5) is 5.69 Å². The van der Waals surface area contributed by atoms with Gasteiger partial charge in [-0.3, -0.25) is 4.31 Å². The second-order valence-corrected chi connectivity index (χ2v) is 7.90. The number of benzene rings is 2. The average Bonchev–Trinajstić information content (AvgIpc) is 2.77. The predicted octanol–water partition coefficient (Wildman–Crippen LogP) is 3.18. The second kappa shape index (κ2) is 7.74. The Kier molecular flexibility index (Phi) is 6.14. The topological polar surface area (TPSA) is 58.6 Å². The number of sulfonamides is 1. The molecule has 3 rings (SSSR count). The van der Waals surface area contributed by atoms with Gasteiger partial charge >= 0.3 is 0 Å². The van der Waals surface area contributed by atoms with Crippen LogP contribution in [0.1, 0.15) is 5.56 Å². The lowest BCUT2D eigenvalue weighted by Gasteiger charge is -2.24. The van der Waals surface area contributed by atoms with Gasteiger partial charge in [0.15, 0.2) is 0 Å². The van der Waals surface area contributed by atoms with E-state index < -0.39 is 10.0 Å². The number of anilines is 1. The van der Waals surface area contributed by atoms with E-state index in [1.54, 1.807) is 25.3 Å². The lowest BCUT2D eigenvalue weighted by molar-refractivity contribution is 0.411. The van der Waals surface area contributed by atoms with Gasteiger partial charge in [0.1, 0.15) is 5.75 Å². The maximum atomic E-state index is 13.1. The number of fused-ring (bicyclic) bond motifs is 1. The van der Waals surface area contributed by atoms with Gasteiger partial charge in [0.25, 0.3) is 10.0 Å². The number of nitrogens with zero attached hydrogens (tertiary/aromatic N) is 1. The molecule has 0 fully saturated rings. The van der Waals surface area contributed by atoms with Crippen LogP contribution in [0, 0.1) is 0 Å². The van der Waals surface area contributed by atoms with Crippen molar-refractivity contribution in [3.8, 4) is 5.75 Å². The van der Waals surface area contributed by atoms with Crippen LogP contribution >= 0.6 is 28.3 Å². The first-order valence-electron chi connectivity index (χ1n) is 7.19. The molecule has 5 nitrogen and oxygen atoms in total. The summed E-state index contributed by atoms with van der Waals surface area (Å²) < 4.78 is 33.4. The summed E-state index contributed by atoms with van der Waals surface area (Å²) in [6.07, 6.45) is 0. The van der Waals surface area contributed by atoms with Gasteiger partial charge in [-0.25, -0.2) is 8.42 Å². The molecule has 0 unspecified atom stereocenters. The zero-order valence-electron chi connectivity index (χ0n) is 13.0. The third-order valence-electron chi connectivity index (χ3n) is 3.78. The molecule has 8 heteroatoms. The lowest BCUT2D eigenvalue weighted by Crippen LogP contribution is -2.34. The summed E-state index contributed by atoms with van der Waals surface area (Å²) in [6.45, 7) is 1.66. The van der Waals surface area contributed by atoms with Gasteiger partial charge in [-0.15, -0.1) is 12.4 Å². The third kappa shape index (κ3) is 3.54. The molecular weight excluding hydrogens is 416 g/mol. The summed E-state index contributed by atoms with van der Waals surface area (Å²) in [7, 11) is -2.09. The van der Waals surface area contributed by atoms with Crippen LogP contribution in [0.5, 0.6) is 5.75 Å². The van der Waals surface area contributed by atoms with E-state index in [9.17, 15) is 8.42 Å². The molecular formula is C16H18BrClN2O3S. The molecule has 2 aromatic carbocycles. The first-order valence-corrected chi connectivity index (χ1v) is 9.42. The van der Waals surface area contributed by atoms with Crippen molar-refractivity contribution in [2.45, 2.75) is 11.4 Å². The molecule has 0 atom stereocenters. The summed E-state index contributed by atoms with van der Waals surface area (Å²) in [6, 6.07) is 12.4. The molecule has 0 aliphatic carbocycles. The van der Waals surface area contributed by atoms with Crippen molar-refractivity contribution in [1.29, 1.82) is 0 Å². The van der Waals surface area contributed by atoms with Crippen LogP contribution in [0.15, 0.2) is 51.8 Å². The van der Waals surface area contributed by atoms with Gasteiger partial charge in [0, 0.05) is 19.6 Å². The summed E-state index contributed by atoms with van der Waals surface area (Å²) in [4.78, 5) is 0.238. The largest absolute Gasteiger partial charge is 0.496 e. The van der Waals surface area contributed by atoms with Crippen LogP contribution in [0.3, 0.4) is 0 Å². The van der Waals surface area contributed by atoms with Crippen molar-refractivity contribution in [3.05, 3.63) is 52.5 Å². The Hall–Kier alpha value is -1.28. The van der Waals surface area contributed by atoms with E-state index in [2.05, 4.69) is 21.2 Å². The van der Waals surface area contributed by atoms with E-state index in [4.69, 9.17) is 4.74 Å². The first-order chi connectivity index (χ1) is 11.0. The Balaban J connectivity index is 0.00000208. The molecule has 1 aliphatic rings. The number of nitrogens with one attached hydrogen (secondary N) is 1. The maximum Gasteiger partial charge on any atom is 0.264 e. The highest BCUT2D eigenvalue weighted by Gasteiger charge is 2.28. The lowest BCUT2D eigenvalue weighted by atomic mass is 10.2. The number of halogens is 2. The molecule has 0 spiro atoms. The number of methoxy groups -OCH3 is 1. The molecule has 1 aliphatic heterocycles. The highest BCUT2D eigenvalue weighted by Crippen LogP contribution is 2.32. The van der Waals surface area contributed by atoms with Gasteiger partial charge in [-0.1, -0.05) is 18.2 Å². The molecule has 0 radical (unpaired) electrons. The summed E-state index contributed by atoms with van der Waals surface area (Å²) in [5, 5.41) is 3.25. The van der Waals surface area contributed by atoms with Crippen molar-refractivity contribution >= 4 is 44.0 Å². The fraction of sp³-hybridized carbons (Fsp3) is 0.250. The molecule has 2 aromatic rings. The average molecular weight is 434 g/mol.